The van der Waals surface area contributed by atoms with Crippen molar-refractivity contribution in [3.8, 4) is 0 Å². The van der Waals surface area contributed by atoms with Crippen LogP contribution in [0.2, 0.25) is 0 Å². The molecule has 0 aromatic carbocycles. The Morgan fingerprint density at radius 3 is 2.25 bits per heavy atom. The fourth-order valence-corrected chi connectivity index (χ4v) is 1.05. The number of urea groups is 1. The predicted molar refractivity (Wildman–Crippen MR) is 62.2 cm³/mol. The number of aliphatic carboxylic acids is 1. The normalized spacial score (nSPS) is 11.8. The maximum atomic E-state index is 11.3. The van der Waals surface area contributed by atoms with Gasteiger partial charge in [-0.1, -0.05) is 25.5 Å². The first-order valence-corrected chi connectivity index (χ1v) is 5.25. The molecule has 0 saturated heterocycles. The Balaban J connectivity index is 4.11. The third-order valence-corrected chi connectivity index (χ3v) is 1.99. The van der Waals surface area contributed by atoms with Crippen LogP contribution in [0.4, 0.5) is 4.79 Å². The minimum Gasteiger partial charge on any atom is -0.480 e. The second-order valence-corrected chi connectivity index (χ2v) is 4.20. The number of amides is 2. The van der Waals surface area contributed by atoms with Gasteiger partial charge in [0.15, 0.2) is 0 Å². The van der Waals surface area contributed by atoms with E-state index in [9.17, 15) is 9.59 Å². The lowest BCUT2D eigenvalue weighted by atomic mass is 10.1. The quantitative estimate of drug-likeness (QED) is 0.622. The van der Waals surface area contributed by atoms with Crippen molar-refractivity contribution < 1.29 is 14.7 Å². The molecule has 0 fully saturated rings. The first-order chi connectivity index (χ1) is 7.34. The molecule has 0 aliphatic carbocycles. The van der Waals surface area contributed by atoms with Crippen LogP contribution in [0.15, 0.2) is 11.6 Å². The summed E-state index contributed by atoms with van der Waals surface area (Å²) in [6, 6.07) is -1.31. The molecule has 2 amide bonds. The van der Waals surface area contributed by atoms with Gasteiger partial charge in [0, 0.05) is 6.54 Å². The maximum absolute atomic E-state index is 11.3. The Morgan fingerprint density at radius 1 is 1.31 bits per heavy atom. The van der Waals surface area contributed by atoms with Crippen molar-refractivity contribution in [2.24, 2.45) is 5.92 Å². The lowest BCUT2D eigenvalue weighted by Gasteiger charge is -2.17. The first kappa shape index (κ1) is 14.5. The van der Waals surface area contributed by atoms with Gasteiger partial charge >= 0.3 is 12.0 Å². The fourth-order valence-electron chi connectivity index (χ4n) is 1.05. The molecule has 0 spiro atoms. The lowest BCUT2D eigenvalue weighted by molar-refractivity contribution is -0.140. The second-order valence-electron chi connectivity index (χ2n) is 4.20. The third kappa shape index (κ3) is 6.06. The summed E-state index contributed by atoms with van der Waals surface area (Å²) in [6.45, 7) is 7.74. The zero-order chi connectivity index (χ0) is 12.7. The average molecular weight is 228 g/mol. The Hall–Kier alpha value is -1.52. The van der Waals surface area contributed by atoms with Crippen LogP contribution in [-0.4, -0.2) is 29.7 Å². The van der Waals surface area contributed by atoms with Crippen LogP contribution in [0, 0.1) is 5.92 Å². The maximum Gasteiger partial charge on any atom is 0.326 e. The molecule has 0 rings (SSSR count). The van der Waals surface area contributed by atoms with Crippen LogP contribution in [0.3, 0.4) is 0 Å². The van der Waals surface area contributed by atoms with Gasteiger partial charge in [0.1, 0.15) is 6.04 Å². The number of carboxylic acids is 1. The topological polar surface area (TPSA) is 78.4 Å². The number of hydrogen-bond donors (Lipinski definition) is 3. The molecular weight excluding hydrogens is 208 g/mol. The van der Waals surface area contributed by atoms with Crippen LogP contribution in [0.25, 0.3) is 0 Å². The molecule has 0 radical (unpaired) electrons. The molecule has 0 aromatic heterocycles. The van der Waals surface area contributed by atoms with Gasteiger partial charge in [0.2, 0.25) is 0 Å². The number of carboxylic acid groups (broad SMARTS) is 1. The molecule has 5 heteroatoms. The zero-order valence-corrected chi connectivity index (χ0v) is 10.2. The summed E-state index contributed by atoms with van der Waals surface area (Å²) in [7, 11) is 0. The van der Waals surface area contributed by atoms with Crippen molar-refractivity contribution in [3.05, 3.63) is 11.6 Å². The minimum absolute atomic E-state index is 0.147. The summed E-state index contributed by atoms with van der Waals surface area (Å²) in [6.07, 6.45) is 1.85. The van der Waals surface area contributed by atoms with E-state index in [2.05, 4.69) is 10.6 Å². The van der Waals surface area contributed by atoms with Crippen molar-refractivity contribution >= 4 is 12.0 Å². The number of allylic oxidation sites excluding steroid dienone is 1. The van der Waals surface area contributed by atoms with Crippen molar-refractivity contribution in [2.45, 2.75) is 33.7 Å². The summed E-state index contributed by atoms with van der Waals surface area (Å²) in [5, 5.41) is 13.8. The van der Waals surface area contributed by atoms with Crippen molar-refractivity contribution in [2.75, 3.05) is 6.54 Å². The van der Waals surface area contributed by atoms with E-state index < -0.39 is 18.0 Å². The molecule has 16 heavy (non-hydrogen) atoms. The average Bonchev–Trinajstić information content (AvgIpc) is 2.12. The molecule has 0 aliphatic heterocycles. The summed E-state index contributed by atoms with van der Waals surface area (Å²) in [5.74, 6) is -1.17. The summed E-state index contributed by atoms with van der Waals surface area (Å²) in [5.41, 5.74) is 1.10. The molecule has 92 valence electrons. The first-order valence-electron chi connectivity index (χ1n) is 5.25. The number of hydrogen-bond acceptors (Lipinski definition) is 2. The number of rotatable bonds is 5. The molecule has 3 N–H and O–H groups in total. The van der Waals surface area contributed by atoms with E-state index in [0.29, 0.717) is 6.54 Å². The highest BCUT2D eigenvalue weighted by Crippen LogP contribution is 2.01. The van der Waals surface area contributed by atoms with Crippen molar-refractivity contribution in [1.82, 2.24) is 10.6 Å². The molecule has 5 nitrogen and oxygen atoms in total. The van der Waals surface area contributed by atoms with E-state index in [1.807, 2.05) is 19.9 Å². The molecule has 0 bridgehead atoms. The van der Waals surface area contributed by atoms with Crippen LogP contribution >= 0.6 is 0 Å². The smallest absolute Gasteiger partial charge is 0.326 e. The Labute approximate surface area is 95.9 Å². The van der Waals surface area contributed by atoms with Gasteiger partial charge in [0.05, 0.1) is 0 Å². The zero-order valence-electron chi connectivity index (χ0n) is 10.2. The van der Waals surface area contributed by atoms with E-state index in [-0.39, 0.29) is 5.92 Å². The van der Waals surface area contributed by atoms with E-state index in [0.717, 1.165) is 5.57 Å². The largest absolute Gasteiger partial charge is 0.480 e. The van der Waals surface area contributed by atoms with Crippen LogP contribution in [0.5, 0.6) is 0 Å². The predicted octanol–water partition coefficient (Wildman–Crippen LogP) is 1.36. The highest BCUT2D eigenvalue weighted by Gasteiger charge is 2.22. The fraction of sp³-hybridized carbons (Fsp3) is 0.636. The molecule has 0 saturated carbocycles. The molecule has 0 aliphatic rings. The molecule has 0 unspecified atom stereocenters. The van der Waals surface area contributed by atoms with Crippen molar-refractivity contribution in [3.63, 3.8) is 0 Å². The molecule has 1 atom stereocenters. The highest BCUT2D eigenvalue weighted by molar-refractivity contribution is 5.82. The van der Waals surface area contributed by atoms with Gasteiger partial charge in [-0.05, 0) is 19.8 Å². The van der Waals surface area contributed by atoms with E-state index in [1.54, 1.807) is 13.8 Å². The van der Waals surface area contributed by atoms with E-state index in [4.69, 9.17) is 5.11 Å². The summed E-state index contributed by atoms with van der Waals surface area (Å²) >= 11 is 0. The summed E-state index contributed by atoms with van der Waals surface area (Å²) in [4.78, 5) is 22.1. The number of carbonyl (C=O) groups is 2. The standard InChI is InChI=1S/C11H20N2O3/c1-7(2)5-6-12-11(16)13-9(8(3)4)10(14)15/h5,8-9H,6H2,1-4H3,(H,14,15)(H2,12,13,16)/t9-/m1/s1. The molecular formula is C11H20N2O3. The number of carbonyl (C=O) groups excluding carboxylic acids is 1. The van der Waals surface area contributed by atoms with Gasteiger partial charge < -0.3 is 15.7 Å². The minimum atomic E-state index is -1.02. The Morgan fingerprint density at radius 2 is 1.88 bits per heavy atom. The van der Waals surface area contributed by atoms with Gasteiger partial charge in [-0.25, -0.2) is 9.59 Å². The highest BCUT2D eigenvalue weighted by atomic mass is 16.4. The van der Waals surface area contributed by atoms with Gasteiger partial charge in [-0.3, -0.25) is 0 Å². The summed E-state index contributed by atoms with van der Waals surface area (Å²) < 4.78 is 0. The second kappa shape index (κ2) is 6.87. The number of nitrogens with one attached hydrogen (secondary N) is 2. The van der Waals surface area contributed by atoms with E-state index >= 15 is 0 Å². The van der Waals surface area contributed by atoms with Crippen LogP contribution in [-0.2, 0) is 4.79 Å². The van der Waals surface area contributed by atoms with Gasteiger partial charge in [-0.2, -0.15) is 0 Å². The van der Waals surface area contributed by atoms with Gasteiger partial charge in [0.25, 0.3) is 0 Å². The Kier molecular flexibility index (Phi) is 6.22. The monoisotopic (exact) mass is 228 g/mol. The van der Waals surface area contributed by atoms with Gasteiger partial charge in [-0.15, -0.1) is 0 Å². The Bertz CT molecular complexity index is 281. The van der Waals surface area contributed by atoms with E-state index in [1.165, 1.54) is 0 Å². The van der Waals surface area contributed by atoms with Crippen molar-refractivity contribution in [1.29, 1.82) is 0 Å². The van der Waals surface area contributed by atoms with Crippen LogP contribution in [0.1, 0.15) is 27.7 Å². The molecule has 0 aromatic rings. The lowest BCUT2D eigenvalue weighted by Crippen LogP contribution is -2.48. The third-order valence-electron chi connectivity index (χ3n) is 1.99. The molecule has 0 heterocycles. The van der Waals surface area contributed by atoms with Crippen LogP contribution < -0.4 is 10.6 Å². The SMILES string of the molecule is CC(C)=CCNC(=O)N[C@@H](C(=O)O)C(C)C.